The average Bonchev–Trinajstić information content (AvgIpc) is 2.74. The third-order valence-electron chi connectivity index (χ3n) is 3.08. The van der Waals surface area contributed by atoms with Gasteiger partial charge in [-0.2, -0.15) is 5.10 Å². The van der Waals surface area contributed by atoms with Gasteiger partial charge in [0.15, 0.2) is 0 Å². The molecule has 0 aliphatic carbocycles. The van der Waals surface area contributed by atoms with Crippen LogP contribution in [-0.2, 0) is 11.3 Å². The third-order valence-corrected chi connectivity index (χ3v) is 3.57. The normalized spacial score (nSPS) is 11.0. The number of halogens is 1. The van der Waals surface area contributed by atoms with Gasteiger partial charge in [-0.25, -0.2) is 4.68 Å². The molecule has 1 heterocycles. The number of rotatable bonds is 6. The van der Waals surface area contributed by atoms with Crippen LogP contribution in [0.1, 0.15) is 17.0 Å². The summed E-state index contributed by atoms with van der Waals surface area (Å²) in [6.07, 6.45) is 0. The quantitative estimate of drug-likeness (QED) is 0.823. The summed E-state index contributed by atoms with van der Waals surface area (Å²) in [4.78, 5) is 0. The Kier molecular flexibility index (Phi) is 5.34. The van der Waals surface area contributed by atoms with E-state index in [2.05, 4.69) is 51.5 Å². The summed E-state index contributed by atoms with van der Waals surface area (Å²) in [5.74, 6) is 0. The summed E-state index contributed by atoms with van der Waals surface area (Å²) in [6.45, 7) is 6.42. The Labute approximate surface area is 128 Å². The van der Waals surface area contributed by atoms with Crippen molar-refractivity contribution in [3.8, 4) is 5.69 Å². The van der Waals surface area contributed by atoms with E-state index in [0.29, 0.717) is 6.61 Å². The molecule has 108 valence electrons. The second-order valence-electron chi connectivity index (χ2n) is 4.78. The Morgan fingerprint density at radius 3 is 2.75 bits per heavy atom. The van der Waals surface area contributed by atoms with E-state index < -0.39 is 0 Å². The molecular weight excluding hydrogens is 318 g/mol. The van der Waals surface area contributed by atoms with Crippen LogP contribution in [-0.4, -0.2) is 30.0 Å². The second kappa shape index (κ2) is 7.02. The molecule has 4 nitrogen and oxygen atoms in total. The lowest BCUT2D eigenvalue weighted by molar-refractivity contribution is 0.199. The van der Waals surface area contributed by atoms with Crippen LogP contribution in [0.25, 0.3) is 5.69 Å². The van der Waals surface area contributed by atoms with Crippen molar-refractivity contribution < 1.29 is 4.74 Å². The van der Waals surface area contributed by atoms with Crippen molar-refractivity contribution in [2.45, 2.75) is 20.4 Å². The van der Waals surface area contributed by atoms with Gasteiger partial charge < -0.3 is 10.1 Å². The SMILES string of the molecule is COCCNCc1cc(Br)ccc1-n1nc(C)cc1C. The zero-order valence-corrected chi connectivity index (χ0v) is 13.7. The molecule has 0 atom stereocenters. The highest BCUT2D eigenvalue weighted by atomic mass is 79.9. The first-order valence-electron chi connectivity index (χ1n) is 6.63. The van der Waals surface area contributed by atoms with Crippen molar-refractivity contribution >= 4 is 15.9 Å². The van der Waals surface area contributed by atoms with E-state index in [0.717, 1.165) is 34.6 Å². The Balaban J connectivity index is 2.26. The zero-order chi connectivity index (χ0) is 14.5. The second-order valence-corrected chi connectivity index (χ2v) is 5.70. The van der Waals surface area contributed by atoms with Crippen LogP contribution in [0.4, 0.5) is 0 Å². The topological polar surface area (TPSA) is 39.1 Å². The molecule has 1 aromatic heterocycles. The van der Waals surface area contributed by atoms with E-state index in [1.807, 2.05) is 17.7 Å². The molecule has 0 amide bonds. The Hall–Kier alpha value is -1.17. The van der Waals surface area contributed by atoms with Crippen LogP contribution < -0.4 is 5.32 Å². The molecule has 1 N–H and O–H groups in total. The first-order valence-corrected chi connectivity index (χ1v) is 7.43. The van der Waals surface area contributed by atoms with Crippen molar-refractivity contribution in [3.05, 3.63) is 45.7 Å². The zero-order valence-electron chi connectivity index (χ0n) is 12.1. The van der Waals surface area contributed by atoms with Crippen LogP contribution in [0.5, 0.6) is 0 Å². The van der Waals surface area contributed by atoms with E-state index in [-0.39, 0.29) is 0 Å². The Morgan fingerprint density at radius 2 is 2.10 bits per heavy atom. The number of hydrogen-bond donors (Lipinski definition) is 1. The molecule has 0 unspecified atom stereocenters. The van der Waals surface area contributed by atoms with Crippen LogP contribution in [0.2, 0.25) is 0 Å². The third kappa shape index (κ3) is 3.69. The maximum Gasteiger partial charge on any atom is 0.0694 e. The molecule has 2 aromatic rings. The number of methoxy groups -OCH3 is 1. The van der Waals surface area contributed by atoms with E-state index in [1.54, 1.807) is 7.11 Å². The van der Waals surface area contributed by atoms with Crippen molar-refractivity contribution in [3.63, 3.8) is 0 Å². The van der Waals surface area contributed by atoms with Gasteiger partial charge in [-0.3, -0.25) is 0 Å². The summed E-state index contributed by atoms with van der Waals surface area (Å²) in [7, 11) is 1.71. The molecule has 0 radical (unpaired) electrons. The van der Waals surface area contributed by atoms with Gasteiger partial charge in [0.1, 0.15) is 0 Å². The van der Waals surface area contributed by atoms with E-state index in [9.17, 15) is 0 Å². The molecule has 1 aromatic carbocycles. The minimum absolute atomic E-state index is 0.712. The molecule has 0 aliphatic rings. The van der Waals surface area contributed by atoms with Gasteiger partial charge in [-0.05, 0) is 43.7 Å². The standard InChI is InChI=1S/C15H20BrN3O/c1-11-8-12(2)19(18-11)15-5-4-14(16)9-13(15)10-17-6-7-20-3/h4-5,8-9,17H,6-7,10H2,1-3H3. The Morgan fingerprint density at radius 1 is 1.30 bits per heavy atom. The van der Waals surface area contributed by atoms with Crippen LogP contribution >= 0.6 is 15.9 Å². The van der Waals surface area contributed by atoms with Crippen molar-refractivity contribution in [1.82, 2.24) is 15.1 Å². The molecule has 0 fully saturated rings. The fraction of sp³-hybridized carbons (Fsp3) is 0.400. The summed E-state index contributed by atoms with van der Waals surface area (Å²) in [6, 6.07) is 8.36. The molecular formula is C15H20BrN3O. The largest absolute Gasteiger partial charge is 0.383 e. The van der Waals surface area contributed by atoms with E-state index in [1.165, 1.54) is 5.56 Å². The van der Waals surface area contributed by atoms with Gasteiger partial charge in [-0.1, -0.05) is 15.9 Å². The first-order chi connectivity index (χ1) is 9.61. The fourth-order valence-corrected chi connectivity index (χ4v) is 2.58. The van der Waals surface area contributed by atoms with Crippen LogP contribution in [0.15, 0.2) is 28.7 Å². The summed E-state index contributed by atoms with van der Waals surface area (Å²) < 4.78 is 8.12. The van der Waals surface area contributed by atoms with Gasteiger partial charge in [0.2, 0.25) is 0 Å². The van der Waals surface area contributed by atoms with Crippen LogP contribution in [0.3, 0.4) is 0 Å². The number of benzene rings is 1. The number of aromatic nitrogens is 2. The maximum atomic E-state index is 5.05. The minimum atomic E-state index is 0.712. The fourth-order valence-electron chi connectivity index (χ4n) is 2.17. The average molecular weight is 338 g/mol. The number of nitrogens with zero attached hydrogens (tertiary/aromatic N) is 2. The highest BCUT2D eigenvalue weighted by Crippen LogP contribution is 2.21. The molecule has 2 rings (SSSR count). The minimum Gasteiger partial charge on any atom is -0.383 e. The van der Waals surface area contributed by atoms with Gasteiger partial charge in [0, 0.05) is 30.4 Å². The van der Waals surface area contributed by atoms with E-state index >= 15 is 0 Å². The predicted molar refractivity (Wildman–Crippen MR) is 84.3 cm³/mol. The number of aryl methyl sites for hydroxylation is 2. The molecule has 0 bridgehead atoms. The lowest BCUT2D eigenvalue weighted by atomic mass is 10.1. The highest BCUT2D eigenvalue weighted by Gasteiger charge is 2.09. The lowest BCUT2D eigenvalue weighted by Crippen LogP contribution is -2.20. The van der Waals surface area contributed by atoms with Gasteiger partial charge in [-0.15, -0.1) is 0 Å². The molecule has 0 saturated carbocycles. The summed E-state index contributed by atoms with van der Waals surface area (Å²) in [5.41, 5.74) is 4.50. The van der Waals surface area contributed by atoms with Crippen molar-refractivity contribution in [2.24, 2.45) is 0 Å². The van der Waals surface area contributed by atoms with Crippen molar-refractivity contribution in [2.75, 3.05) is 20.3 Å². The highest BCUT2D eigenvalue weighted by molar-refractivity contribution is 9.10. The summed E-state index contributed by atoms with van der Waals surface area (Å²) >= 11 is 3.53. The number of ether oxygens (including phenoxy) is 1. The number of nitrogens with one attached hydrogen (secondary N) is 1. The van der Waals surface area contributed by atoms with Gasteiger partial charge >= 0.3 is 0 Å². The van der Waals surface area contributed by atoms with Gasteiger partial charge in [0.05, 0.1) is 18.0 Å². The van der Waals surface area contributed by atoms with Crippen molar-refractivity contribution in [1.29, 1.82) is 0 Å². The lowest BCUT2D eigenvalue weighted by Gasteiger charge is -2.13. The summed E-state index contributed by atoms with van der Waals surface area (Å²) in [5, 5.41) is 7.94. The molecule has 0 spiro atoms. The van der Waals surface area contributed by atoms with Gasteiger partial charge in [0.25, 0.3) is 0 Å². The number of hydrogen-bond acceptors (Lipinski definition) is 3. The molecule has 0 saturated heterocycles. The molecule has 5 heteroatoms. The first kappa shape index (κ1) is 15.2. The molecule has 20 heavy (non-hydrogen) atoms. The van der Waals surface area contributed by atoms with E-state index in [4.69, 9.17) is 4.74 Å². The predicted octanol–water partition coefficient (Wildman–Crippen LogP) is 2.99. The Bertz CT molecular complexity index is 580. The smallest absolute Gasteiger partial charge is 0.0694 e. The monoisotopic (exact) mass is 337 g/mol. The molecule has 0 aliphatic heterocycles. The van der Waals surface area contributed by atoms with Crippen LogP contribution in [0, 0.1) is 13.8 Å². The maximum absolute atomic E-state index is 5.05.